The topological polar surface area (TPSA) is 93.3 Å². The molecule has 2 aromatic heterocycles. The van der Waals surface area contributed by atoms with Gasteiger partial charge in [-0.25, -0.2) is 9.78 Å². The molecule has 0 fully saturated rings. The summed E-state index contributed by atoms with van der Waals surface area (Å²) in [5, 5.41) is 3.27. The summed E-state index contributed by atoms with van der Waals surface area (Å²) in [5.74, 6) is -0.0374. The summed E-state index contributed by atoms with van der Waals surface area (Å²) in [6, 6.07) is 3.63. The van der Waals surface area contributed by atoms with Crippen molar-refractivity contribution in [1.29, 1.82) is 0 Å². The van der Waals surface area contributed by atoms with Gasteiger partial charge in [-0.2, -0.15) is 0 Å². The number of nitrogens with one attached hydrogen (secondary N) is 2. The third-order valence-corrected chi connectivity index (χ3v) is 3.84. The van der Waals surface area contributed by atoms with E-state index in [0.29, 0.717) is 11.5 Å². The number of rotatable bonds is 7. The molecule has 0 saturated carbocycles. The van der Waals surface area contributed by atoms with E-state index in [2.05, 4.69) is 15.3 Å². The van der Waals surface area contributed by atoms with Crippen molar-refractivity contribution in [2.45, 2.75) is 33.2 Å². The zero-order valence-electron chi connectivity index (χ0n) is 14.9. The van der Waals surface area contributed by atoms with Crippen molar-refractivity contribution in [2.24, 2.45) is 0 Å². The highest BCUT2D eigenvalue weighted by Crippen LogP contribution is 2.26. The monoisotopic (exact) mass is 345 g/mol. The average Bonchev–Trinajstić information content (AvgIpc) is 3.09. The van der Waals surface area contributed by atoms with Gasteiger partial charge in [-0.15, -0.1) is 0 Å². The summed E-state index contributed by atoms with van der Waals surface area (Å²) in [7, 11) is 1.34. The van der Waals surface area contributed by atoms with Crippen LogP contribution in [0.4, 0.5) is 5.82 Å². The quantitative estimate of drug-likeness (QED) is 0.750. The molecule has 7 heteroatoms. The number of hydrogen-bond acceptors (Lipinski definition) is 6. The van der Waals surface area contributed by atoms with Crippen molar-refractivity contribution in [1.82, 2.24) is 9.97 Å². The van der Waals surface area contributed by atoms with E-state index in [0.717, 1.165) is 23.1 Å². The molecule has 2 N–H and O–H groups in total. The summed E-state index contributed by atoms with van der Waals surface area (Å²) in [4.78, 5) is 29.9. The predicted octanol–water partition coefficient (Wildman–Crippen LogP) is 2.93. The lowest BCUT2D eigenvalue weighted by Crippen LogP contribution is -2.26. The van der Waals surface area contributed by atoms with Gasteiger partial charge >= 0.3 is 11.9 Å². The zero-order valence-corrected chi connectivity index (χ0v) is 14.9. The number of aromatic nitrogens is 2. The Labute approximate surface area is 146 Å². The number of carbonyl (C=O) groups excluding carboxylic acids is 2. The lowest BCUT2D eigenvalue weighted by molar-refractivity contribution is -0.141. The lowest BCUT2D eigenvalue weighted by Gasteiger charge is -2.18. The average molecular weight is 345 g/mol. The third kappa shape index (κ3) is 4.82. The molecule has 0 spiro atoms. The fourth-order valence-corrected chi connectivity index (χ4v) is 2.38. The van der Waals surface area contributed by atoms with Crippen LogP contribution in [0.2, 0.25) is 0 Å². The van der Waals surface area contributed by atoms with Gasteiger partial charge in [0.2, 0.25) is 0 Å². The van der Waals surface area contributed by atoms with Crippen molar-refractivity contribution < 1.29 is 19.1 Å². The molecule has 0 aliphatic carbocycles. The highest BCUT2D eigenvalue weighted by atomic mass is 16.5. The van der Waals surface area contributed by atoms with E-state index >= 15 is 0 Å². The minimum atomic E-state index is -0.413. The van der Waals surface area contributed by atoms with Gasteiger partial charge in [0.15, 0.2) is 0 Å². The number of nitrogens with zero attached hydrogens (tertiary/aromatic N) is 1. The van der Waals surface area contributed by atoms with Crippen LogP contribution in [0, 0.1) is 6.92 Å². The lowest BCUT2D eigenvalue weighted by atomic mass is 10.0. The van der Waals surface area contributed by atoms with E-state index in [4.69, 9.17) is 9.47 Å². The maximum Gasteiger partial charge on any atom is 0.354 e. The number of hydrogen-bond donors (Lipinski definition) is 2. The fraction of sp³-hybridized carbons (Fsp3) is 0.389. The minimum Gasteiger partial charge on any atom is -0.464 e. The second-order valence-corrected chi connectivity index (χ2v) is 5.73. The molecule has 0 aliphatic heterocycles. The SMILES string of the molecule is CC[C@@H](COC(C)=O)Nc1cc(-c2c[nH]c(C(=O)OC)c2)c(C)cn1. The van der Waals surface area contributed by atoms with E-state index in [1.807, 2.05) is 19.9 Å². The number of methoxy groups -OCH3 is 1. The predicted molar refractivity (Wildman–Crippen MR) is 94.4 cm³/mol. The van der Waals surface area contributed by atoms with Crippen LogP contribution in [-0.4, -0.2) is 41.7 Å². The summed E-state index contributed by atoms with van der Waals surface area (Å²) in [5.41, 5.74) is 3.20. The normalized spacial score (nSPS) is 11.7. The number of aryl methyl sites for hydroxylation is 1. The van der Waals surface area contributed by atoms with E-state index in [-0.39, 0.29) is 18.6 Å². The van der Waals surface area contributed by atoms with Gasteiger partial charge in [-0.1, -0.05) is 6.92 Å². The summed E-state index contributed by atoms with van der Waals surface area (Å²) in [6.45, 7) is 5.63. The summed E-state index contributed by atoms with van der Waals surface area (Å²) >= 11 is 0. The standard InChI is InChI=1S/C18H23N3O4/c1-5-14(10-25-12(3)22)21-17-7-15(11(2)8-20-17)13-6-16(19-9-13)18(23)24-4/h6-9,14,19H,5,10H2,1-4H3,(H,20,21)/t14-/m0/s1. The summed E-state index contributed by atoms with van der Waals surface area (Å²) in [6.07, 6.45) is 4.31. The number of pyridine rings is 1. The zero-order chi connectivity index (χ0) is 18.4. The highest BCUT2D eigenvalue weighted by Gasteiger charge is 2.13. The molecule has 0 aromatic carbocycles. The van der Waals surface area contributed by atoms with Gasteiger partial charge < -0.3 is 19.8 Å². The van der Waals surface area contributed by atoms with Crippen LogP contribution in [0.3, 0.4) is 0 Å². The Morgan fingerprint density at radius 3 is 2.76 bits per heavy atom. The molecule has 0 saturated heterocycles. The fourth-order valence-electron chi connectivity index (χ4n) is 2.38. The van der Waals surface area contributed by atoms with Crippen molar-refractivity contribution in [2.75, 3.05) is 19.0 Å². The first-order valence-electron chi connectivity index (χ1n) is 8.08. The number of esters is 2. The summed E-state index contributed by atoms with van der Waals surface area (Å²) < 4.78 is 9.78. The molecule has 2 heterocycles. The smallest absolute Gasteiger partial charge is 0.354 e. The van der Waals surface area contributed by atoms with Gasteiger partial charge in [0.1, 0.15) is 18.1 Å². The molecular weight excluding hydrogens is 322 g/mol. The Bertz CT molecular complexity index is 755. The number of anilines is 1. The minimum absolute atomic E-state index is 0.0242. The molecule has 2 rings (SSSR count). The second-order valence-electron chi connectivity index (χ2n) is 5.73. The first-order valence-corrected chi connectivity index (χ1v) is 8.08. The van der Waals surface area contributed by atoms with Crippen molar-refractivity contribution in [3.05, 3.63) is 35.8 Å². The molecular formula is C18H23N3O4. The first-order chi connectivity index (χ1) is 11.9. The number of ether oxygens (including phenoxy) is 2. The van der Waals surface area contributed by atoms with E-state index in [1.165, 1.54) is 14.0 Å². The van der Waals surface area contributed by atoms with Gasteiger partial charge in [0.05, 0.1) is 13.2 Å². The van der Waals surface area contributed by atoms with Crippen LogP contribution < -0.4 is 5.32 Å². The van der Waals surface area contributed by atoms with Crippen LogP contribution in [0.5, 0.6) is 0 Å². The molecule has 0 amide bonds. The Hall–Kier alpha value is -2.83. The van der Waals surface area contributed by atoms with Crippen LogP contribution in [-0.2, 0) is 14.3 Å². The third-order valence-electron chi connectivity index (χ3n) is 3.84. The highest BCUT2D eigenvalue weighted by molar-refractivity contribution is 5.89. The van der Waals surface area contributed by atoms with Gasteiger partial charge in [0, 0.05) is 24.9 Å². The van der Waals surface area contributed by atoms with E-state index in [9.17, 15) is 9.59 Å². The molecule has 0 aliphatic rings. The molecule has 134 valence electrons. The molecule has 0 bridgehead atoms. The number of H-pyrrole nitrogens is 1. The largest absolute Gasteiger partial charge is 0.464 e. The van der Waals surface area contributed by atoms with Crippen LogP contribution in [0.25, 0.3) is 11.1 Å². The molecule has 25 heavy (non-hydrogen) atoms. The van der Waals surface area contributed by atoms with Gasteiger partial charge in [-0.05, 0) is 36.6 Å². The number of carbonyl (C=O) groups is 2. The van der Waals surface area contributed by atoms with Crippen molar-refractivity contribution >= 4 is 17.8 Å². The second kappa shape index (κ2) is 8.32. The van der Waals surface area contributed by atoms with Crippen molar-refractivity contribution in [3.63, 3.8) is 0 Å². The maximum absolute atomic E-state index is 11.6. The van der Waals surface area contributed by atoms with E-state index in [1.54, 1.807) is 18.5 Å². The molecule has 0 unspecified atom stereocenters. The van der Waals surface area contributed by atoms with E-state index < -0.39 is 5.97 Å². The van der Waals surface area contributed by atoms with Crippen LogP contribution in [0.1, 0.15) is 36.3 Å². The Kier molecular flexibility index (Phi) is 6.16. The molecule has 1 atom stereocenters. The Morgan fingerprint density at radius 2 is 2.12 bits per heavy atom. The number of aromatic amines is 1. The van der Waals surface area contributed by atoms with Crippen LogP contribution >= 0.6 is 0 Å². The first kappa shape index (κ1) is 18.5. The van der Waals surface area contributed by atoms with Crippen LogP contribution in [0.15, 0.2) is 24.5 Å². The molecule has 7 nitrogen and oxygen atoms in total. The molecule has 2 aromatic rings. The Morgan fingerprint density at radius 1 is 1.36 bits per heavy atom. The van der Waals surface area contributed by atoms with Crippen molar-refractivity contribution in [3.8, 4) is 11.1 Å². The maximum atomic E-state index is 11.6. The van der Waals surface area contributed by atoms with Gasteiger partial charge in [-0.3, -0.25) is 4.79 Å². The Balaban J connectivity index is 2.20. The molecule has 0 radical (unpaired) electrons. The van der Waals surface area contributed by atoms with Gasteiger partial charge in [0.25, 0.3) is 0 Å².